The molecule has 1 aromatic heterocycles. The normalized spacial score (nSPS) is 10.2. The number of esters is 2. The van der Waals surface area contributed by atoms with E-state index in [2.05, 4.69) is 5.32 Å². The van der Waals surface area contributed by atoms with Crippen molar-refractivity contribution in [2.45, 2.75) is 13.5 Å². The van der Waals surface area contributed by atoms with Gasteiger partial charge in [-0.15, -0.1) is 0 Å². The lowest BCUT2D eigenvalue weighted by molar-refractivity contribution is -0.119. The van der Waals surface area contributed by atoms with E-state index in [1.165, 1.54) is 12.1 Å². The number of carbonyl (C=O) groups excluding carboxylic acids is 3. The van der Waals surface area contributed by atoms with Crippen molar-refractivity contribution in [1.82, 2.24) is 0 Å². The molecule has 3 aromatic rings. The number of rotatable bonds is 9. The molecule has 1 N–H and O–H groups in total. The van der Waals surface area contributed by atoms with Gasteiger partial charge in [0.15, 0.2) is 6.61 Å². The smallest absolute Gasteiger partial charge is 0.374 e. The fraction of sp³-hybridized carbons (Fsp3) is 0.174. The van der Waals surface area contributed by atoms with Gasteiger partial charge in [-0.3, -0.25) is 4.79 Å². The molecule has 3 rings (SSSR count). The van der Waals surface area contributed by atoms with Crippen LogP contribution in [0.4, 0.5) is 5.69 Å². The first-order valence-electron chi connectivity index (χ1n) is 9.56. The zero-order valence-corrected chi connectivity index (χ0v) is 16.8. The highest BCUT2D eigenvalue weighted by atomic mass is 16.6. The maximum absolute atomic E-state index is 12.2. The lowest BCUT2D eigenvalue weighted by Crippen LogP contribution is -2.22. The van der Waals surface area contributed by atoms with Gasteiger partial charge in [0, 0.05) is 0 Å². The first kappa shape index (κ1) is 21.6. The Kier molecular flexibility index (Phi) is 7.42. The molecule has 0 unspecified atom stereocenters. The summed E-state index contributed by atoms with van der Waals surface area (Å²) >= 11 is 0. The predicted octanol–water partition coefficient (Wildman–Crippen LogP) is 3.83. The van der Waals surface area contributed by atoms with E-state index < -0.39 is 24.5 Å². The van der Waals surface area contributed by atoms with Crippen LogP contribution in [0.25, 0.3) is 0 Å². The van der Waals surface area contributed by atoms with E-state index in [0.717, 1.165) is 0 Å². The van der Waals surface area contributed by atoms with Crippen molar-refractivity contribution >= 4 is 23.5 Å². The lowest BCUT2D eigenvalue weighted by atomic mass is 10.2. The molecule has 1 amide bonds. The largest absolute Gasteiger partial charge is 0.486 e. The molecule has 0 saturated carbocycles. The van der Waals surface area contributed by atoms with E-state index in [0.29, 0.717) is 11.5 Å². The number of carbonyl (C=O) groups is 3. The van der Waals surface area contributed by atoms with E-state index >= 15 is 0 Å². The Bertz CT molecular complexity index is 1040. The van der Waals surface area contributed by atoms with Gasteiger partial charge in [-0.1, -0.05) is 30.3 Å². The Labute approximate surface area is 178 Å². The first-order chi connectivity index (χ1) is 15.1. The molecule has 0 bridgehead atoms. The number of ether oxygens (including phenoxy) is 3. The third kappa shape index (κ3) is 6.20. The summed E-state index contributed by atoms with van der Waals surface area (Å²) in [5.74, 6) is -0.905. The number of amides is 1. The van der Waals surface area contributed by atoms with Crippen LogP contribution in [0.15, 0.2) is 71.1 Å². The minimum Gasteiger partial charge on any atom is -0.486 e. The number of furan rings is 1. The summed E-state index contributed by atoms with van der Waals surface area (Å²) < 4.78 is 20.9. The zero-order valence-electron chi connectivity index (χ0n) is 16.8. The monoisotopic (exact) mass is 423 g/mol. The number of nitrogens with one attached hydrogen (secondary N) is 1. The van der Waals surface area contributed by atoms with Gasteiger partial charge in [-0.05, 0) is 43.3 Å². The third-order valence-electron chi connectivity index (χ3n) is 4.02. The number of hydrogen-bond acceptors (Lipinski definition) is 7. The summed E-state index contributed by atoms with van der Waals surface area (Å²) in [5.41, 5.74) is 0.471. The predicted molar refractivity (Wildman–Crippen MR) is 111 cm³/mol. The molecular weight excluding hydrogens is 402 g/mol. The van der Waals surface area contributed by atoms with Gasteiger partial charge in [0.1, 0.15) is 18.1 Å². The summed E-state index contributed by atoms with van der Waals surface area (Å²) in [6.45, 7) is 1.49. The maximum atomic E-state index is 12.2. The van der Waals surface area contributed by atoms with Gasteiger partial charge < -0.3 is 23.9 Å². The molecule has 0 saturated heterocycles. The second-order valence-electron chi connectivity index (χ2n) is 6.26. The molecule has 1 heterocycles. The van der Waals surface area contributed by atoms with Crippen LogP contribution >= 0.6 is 0 Å². The second-order valence-corrected chi connectivity index (χ2v) is 6.26. The average Bonchev–Trinajstić information content (AvgIpc) is 3.26. The van der Waals surface area contributed by atoms with Crippen molar-refractivity contribution in [3.63, 3.8) is 0 Å². The summed E-state index contributed by atoms with van der Waals surface area (Å²) in [6.07, 6.45) is 0. The van der Waals surface area contributed by atoms with Crippen LogP contribution in [0.3, 0.4) is 0 Å². The molecule has 0 spiro atoms. The average molecular weight is 423 g/mol. The van der Waals surface area contributed by atoms with Crippen LogP contribution in [-0.2, 0) is 20.9 Å². The molecule has 0 aliphatic heterocycles. The fourth-order valence-electron chi connectivity index (χ4n) is 2.60. The molecule has 0 aliphatic rings. The number of para-hydroxylation sites is 2. The van der Waals surface area contributed by atoms with Crippen LogP contribution < -0.4 is 10.1 Å². The van der Waals surface area contributed by atoms with Crippen LogP contribution in [0, 0.1) is 0 Å². The Hall–Kier alpha value is -4.07. The van der Waals surface area contributed by atoms with Crippen molar-refractivity contribution in [3.05, 3.63) is 83.8 Å². The quantitative estimate of drug-likeness (QED) is 0.522. The molecule has 2 aromatic carbocycles. The number of benzene rings is 2. The highest BCUT2D eigenvalue weighted by molar-refractivity contribution is 6.02. The molecular formula is C23H21NO7. The Morgan fingerprint density at radius 2 is 1.61 bits per heavy atom. The fourth-order valence-corrected chi connectivity index (χ4v) is 2.60. The Morgan fingerprint density at radius 3 is 2.39 bits per heavy atom. The van der Waals surface area contributed by atoms with Crippen LogP contribution in [0.2, 0.25) is 0 Å². The second kappa shape index (κ2) is 10.6. The highest BCUT2D eigenvalue weighted by Gasteiger charge is 2.17. The van der Waals surface area contributed by atoms with Gasteiger partial charge in [-0.2, -0.15) is 0 Å². The summed E-state index contributed by atoms with van der Waals surface area (Å²) in [5, 5.41) is 2.53. The first-order valence-corrected chi connectivity index (χ1v) is 9.56. The maximum Gasteiger partial charge on any atom is 0.374 e. The summed E-state index contributed by atoms with van der Waals surface area (Å²) in [6, 6.07) is 18.6. The molecule has 31 heavy (non-hydrogen) atoms. The van der Waals surface area contributed by atoms with E-state index in [1.54, 1.807) is 43.3 Å². The summed E-state index contributed by atoms with van der Waals surface area (Å²) in [4.78, 5) is 36.3. The SMILES string of the molecule is CCOC(=O)c1ccccc1NC(=O)COC(=O)c1ccc(COc2ccccc2)o1. The molecule has 0 aliphatic carbocycles. The van der Waals surface area contributed by atoms with Gasteiger partial charge in [0.2, 0.25) is 5.76 Å². The van der Waals surface area contributed by atoms with Gasteiger partial charge in [-0.25, -0.2) is 9.59 Å². The molecule has 0 atom stereocenters. The molecule has 160 valence electrons. The van der Waals surface area contributed by atoms with Gasteiger partial charge in [0.25, 0.3) is 5.91 Å². The third-order valence-corrected chi connectivity index (χ3v) is 4.02. The Balaban J connectivity index is 1.50. The van der Waals surface area contributed by atoms with Gasteiger partial charge >= 0.3 is 11.9 Å². The molecule has 8 nitrogen and oxygen atoms in total. The Morgan fingerprint density at radius 1 is 0.871 bits per heavy atom. The van der Waals surface area contributed by atoms with Crippen molar-refractivity contribution in [2.24, 2.45) is 0 Å². The van der Waals surface area contributed by atoms with Crippen molar-refractivity contribution in [1.29, 1.82) is 0 Å². The van der Waals surface area contributed by atoms with Crippen LogP contribution in [0.1, 0.15) is 33.6 Å². The van der Waals surface area contributed by atoms with Crippen molar-refractivity contribution in [3.8, 4) is 5.75 Å². The van der Waals surface area contributed by atoms with E-state index in [1.807, 2.05) is 18.2 Å². The van der Waals surface area contributed by atoms with E-state index in [9.17, 15) is 14.4 Å². The van der Waals surface area contributed by atoms with Crippen LogP contribution in [0.5, 0.6) is 5.75 Å². The molecule has 0 radical (unpaired) electrons. The lowest BCUT2D eigenvalue weighted by Gasteiger charge is -2.10. The zero-order chi connectivity index (χ0) is 22.1. The number of hydrogen-bond donors (Lipinski definition) is 1. The van der Waals surface area contributed by atoms with Crippen molar-refractivity contribution < 1.29 is 33.0 Å². The van der Waals surface area contributed by atoms with Gasteiger partial charge in [0.05, 0.1) is 17.9 Å². The van der Waals surface area contributed by atoms with Crippen molar-refractivity contribution in [2.75, 3.05) is 18.5 Å². The highest BCUT2D eigenvalue weighted by Crippen LogP contribution is 2.17. The summed E-state index contributed by atoms with van der Waals surface area (Å²) in [7, 11) is 0. The molecule has 8 heteroatoms. The van der Waals surface area contributed by atoms with E-state index in [4.69, 9.17) is 18.6 Å². The standard InChI is InChI=1S/C23H21NO7/c1-2-28-22(26)18-10-6-7-11-19(18)24-21(25)15-30-23(27)20-13-12-17(31-20)14-29-16-8-4-3-5-9-16/h3-13H,2,14-15H2,1H3,(H,24,25). The number of anilines is 1. The topological polar surface area (TPSA) is 104 Å². The van der Waals surface area contributed by atoms with Crippen LogP contribution in [-0.4, -0.2) is 31.1 Å². The van der Waals surface area contributed by atoms with E-state index in [-0.39, 0.29) is 30.2 Å². The minimum absolute atomic E-state index is 0.0496. The minimum atomic E-state index is -0.792. The molecule has 0 fully saturated rings.